The molecule has 0 aliphatic carbocycles. The Hall–Kier alpha value is -2.22. The van der Waals surface area contributed by atoms with E-state index in [4.69, 9.17) is 17.0 Å². The van der Waals surface area contributed by atoms with Crippen LogP contribution in [0.15, 0.2) is 84.9 Å². The van der Waals surface area contributed by atoms with Crippen LogP contribution in [0.1, 0.15) is 209 Å². The topological polar surface area (TPSA) is 0 Å². The Labute approximate surface area is 439 Å². The molecule has 370 valence electrons. The Bertz CT molecular complexity index is 2280. The van der Waals surface area contributed by atoms with Crippen LogP contribution in [0.25, 0.3) is 43.8 Å². The zero-order valence-corrected chi connectivity index (χ0v) is 52.1. The van der Waals surface area contributed by atoms with Crippen LogP contribution in [0.2, 0.25) is 13.1 Å². The number of hydrogen-bond acceptors (Lipinski definition) is 0. The minimum absolute atomic E-state index is 0.0873. The number of fused-ring (bicyclic) bond motifs is 2. The van der Waals surface area contributed by atoms with Crippen LogP contribution < -0.4 is 0 Å². The molecular weight excluding hydrogens is 959 g/mol. The summed E-state index contributed by atoms with van der Waals surface area (Å²) < 4.78 is 0. The van der Waals surface area contributed by atoms with E-state index in [0.29, 0.717) is 0 Å². The van der Waals surface area contributed by atoms with E-state index in [1.807, 2.05) is 0 Å². The summed E-state index contributed by atoms with van der Waals surface area (Å²) in [7, 11) is 11.0. The van der Waals surface area contributed by atoms with Crippen molar-refractivity contribution in [3.63, 3.8) is 0 Å². The molecule has 0 aromatic heterocycles. The van der Waals surface area contributed by atoms with E-state index in [0.717, 1.165) is 9.52 Å². The monoisotopic (exact) mass is 1050 g/mol. The molecule has 0 heterocycles. The van der Waals surface area contributed by atoms with Gasteiger partial charge in [-0.3, -0.25) is 0 Å². The van der Waals surface area contributed by atoms with Gasteiger partial charge in [-0.05, 0) is 78.7 Å². The van der Waals surface area contributed by atoms with Gasteiger partial charge in [0, 0.05) is 9.52 Å². The first-order valence-electron chi connectivity index (χ1n) is 25.6. The fourth-order valence-electron chi connectivity index (χ4n) is 8.89. The van der Waals surface area contributed by atoms with Gasteiger partial charge in [0.1, 0.15) is 0 Å². The Morgan fingerprint density at radius 2 is 0.691 bits per heavy atom. The summed E-state index contributed by atoms with van der Waals surface area (Å²) in [5, 5.41) is 5.61. The number of benzene rings is 4. The fraction of sp³-hybridized carbons (Fsp3) is 0.531. The van der Waals surface area contributed by atoms with Crippen LogP contribution in [0.3, 0.4) is 0 Å². The van der Waals surface area contributed by atoms with Crippen molar-refractivity contribution in [1.82, 2.24) is 0 Å². The van der Waals surface area contributed by atoms with E-state index < -0.39 is 20.8 Å². The van der Waals surface area contributed by atoms with E-state index in [9.17, 15) is 0 Å². The number of aryl methyl sites for hydroxylation is 2. The number of rotatable bonds is 8. The predicted octanol–water partition coefficient (Wildman–Crippen LogP) is 21.1. The van der Waals surface area contributed by atoms with Crippen LogP contribution in [-0.2, 0) is 66.2 Å². The number of hydrogen-bond donors (Lipinski definition) is 0. The van der Waals surface area contributed by atoms with Crippen molar-refractivity contribution in [2.75, 3.05) is 0 Å². The molecule has 0 nitrogen and oxygen atoms in total. The normalized spacial score (nSPS) is 12.5. The van der Waals surface area contributed by atoms with Crippen molar-refractivity contribution in [2.45, 2.75) is 223 Å². The van der Waals surface area contributed by atoms with E-state index in [1.54, 1.807) is 0 Å². The molecule has 68 heavy (non-hydrogen) atoms. The first kappa shape index (κ1) is 60.1. The van der Waals surface area contributed by atoms with Crippen molar-refractivity contribution in [3.05, 3.63) is 129 Å². The maximum atomic E-state index is 4.93. The summed E-state index contributed by atoms with van der Waals surface area (Å²) in [4.78, 5) is 0. The standard InChI is InChI=1S/2C31H43.C2H6Si.2ClH.Zr/c2*1-11-12-13-21-16-22-14-15-27(31(8,9)10)28(26(22)17-21)23-18-24(29(2,3)4)20-25(19-23)30(5,6)7;1-3-2;;;/h2*14-20H,11-13H2,1-10H3;1-2H3;2*1H;/q2*-1;;;;+4/p-2. The van der Waals surface area contributed by atoms with Crippen LogP contribution in [0.5, 0.6) is 0 Å². The van der Waals surface area contributed by atoms with Crippen LogP contribution in [0.4, 0.5) is 0 Å². The molecule has 0 atom stereocenters. The summed E-state index contributed by atoms with van der Waals surface area (Å²) in [6.45, 7) is 50.9. The molecule has 0 amide bonds. The summed E-state index contributed by atoms with van der Waals surface area (Å²) in [6, 6.07) is 33.9. The van der Waals surface area contributed by atoms with Crippen molar-refractivity contribution in [1.29, 1.82) is 0 Å². The Morgan fingerprint density at radius 3 is 0.912 bits per heavy atom. The molecule has 0 saturated carbocycles. The van der Waals surface area contributed by atoms with Crippen molar-refractivity contribution in [3.8, 4) is 22.3 Å². The molecule has 0 spiro atoms. The van der Waals surface area contributed by atoms with E-state index in [-0.39, 0.29) is 32.5 Å². The third-order valence-corrected chi connectivity index (χ3v) is 13.1. The van der Waals surface area contributed by atoms with E-state index in [2.05, 4.69) is 236 Å². The van der Waals surface area contributed by atoms with Crippen LogP contribution in [0, 0.1) is 0 Å². The molecule has 0 N–H and O–H groups in total. The minimum atomic E-state index is -0.826. The second-order valence-electron chi connectivity index (χ2n) is 25.6. The van der Waals surface area contributed by atoms with Gasteiger partial charge in [0.05, 0.1) is 0 Å². The summed E-state index contributed by atoms with van der Waals surface area (Å²) >= 11 is -0.826. The fourth-order valence-corrected chi connectivity index (χ4v) is 8.89. The first-order chi connectivity index (χ1) is 31.3. The molecule has 4 heteroatoms. The third kappa shape index (κ3) is 16.4. The van der Waals surface area contributed by atoms with Crippen molar-refractivity contribution < 1.29 is 20.8 Å². The third-order valence-electron chi connectivity index (χ3n) is 13.1. The predicted molar refractivity (Wildman–Crippen MR) is 309 cm³/mol. The zero-order valence-electron chi connectivity index (χ0n) is 47.1. The quantitative estimate of drug-likeness (QED) is 0.105. The maximum absolute atomic E-state index is 4.93. The van der Waals surface area contributed by atoms with Gasteiger partial charge in [-0.15, -0.1) is 69.1 Å². The molecule has 0 fully saturated rings. The summed E-state index contributed by atoms with van der Waals surface area (Å²) in [5.41, 5.74) is 17.8. The van der Waals surface area contributed by atoms with Crippen LogP contribution in [-0.4, -0.2) is 9.52 Å². The molecule has 0 bridgehead atoms. The van der Waals surface area contributed by atoms with Crippen molar-refractivity contribution >= 4 is 48.1 Å². The summed E-state index contributed by atoms with van der Waals surface area (Å²) in [5.74, 6) is 0. The van der Waals surface area contributed by atoms with Gasteiger partial charge in [-0.25, -0.2) is 0 Å². The molecular formula is C64H92Cl2SiZr. The number of unbranched alkanes of at least 4 members (excludes halogenated alkanes) is 2. The van der Waals surface area contributed by atoms with Crippen LogP contribution >= 0.6 is 17.0 Å². The van der Waals surface area contributed by atoms with E-state index in [1.165, 1.54) is 127 Å². The van der Waals surface area contributed by atoms with Gasteiger partial charge in [0.15, 0.2) is 0 Å². The Balaban J connectivity index is 0.000000323. The van der Waals surface area contributed by atoms with E-state index >= 15 is 0 Å². The van der Waals surface area contributed by atoms with Crippen molar-refractivity contribution in [2.24, 2.45) is 0 Å². The summed E-state index contributed by atoms with van der Waals surface area (Å²) in [6.07, 6.45) is 7.33. The molecule has 2 radical (unpaired) electrons. The van der Waals surface area contributed by atoms with Gasteiger partial charge in [-0.1, -0.05) is 236 Å². The SMILES string of the molecule is CCCCc1cc2c(-c3cc(C(C)(C)C)cc(C(C)(C)C)c3)c(C(C)(C)C)ccc2[cH-]1.CCCCc1cc2c(-c3cc(C(C)(C)C)cc(C(C)(C)C)c3)c(C(C)(C)C)ccc2[cH-]1.C[Si]C.[Cl][Zr+2][Cl]. The molecule has 0 aliphatic heterocycles. The zero-order chi connectivity index (χ0) is 51.8. The Morgan fingerprint density at radius 1 is 0.426 bits per heavy atom. The van der Waals surface area contributed by atoms with Gasteiger partial charge < -0.3 is 0 Å². The first-order valence-corrected chi connectivity index (χ1v) is 33.9. The van der Waals surface area contributed by atoms with Gasteiger partial charge in [0.2, 0.25) is 0 Å². The average Bonchev–Trinajstić information content (AvgIpc) is 3.84. The molecule has 6 rings (SSSR count). The van der Waals surface area contributed by atoms with Gasteiger partial charge in [-0.2, -0.15) is 12.1 Å². The van der Waals surface area contributed by atoms with Gasteiger partial charge in [0.25, 0.3) is 0 Å². The second-order valence-corrected chi connectivity index (χ2v) is 30.3. The molecule has 0 saturated heterocycles. The Kier molecular flexibility index (Phi) is 21.6. The molecule has 6 aromatic carbocycles. The molecule has 0 aliphatic rings. The molecule has 6 aromatic rings. The average molecular weight is 1050 g/mol. The second kappa shape index (κ2) is 24.5. The number of halogens is 2. The molecule has 0 unspecified atom stereocenters. The van der Waals surface area contributed by atoms with Gasteiger partial charge >= 0.3 is 37.9 Å².